The molecule has 1 aliphatic rings. The molecule has 0 aromatic carbocycles. The monoisotopic (exact) mass is 859 g/mol. The maximum absolute atomic E-state index is 12.8. The third-order valence-electron chi connectivity index (χ3n) is 10.2. The number of phosphoric acid groups is 1. The van der Waals surface area contributed by atoms with Crippen LogP contribution in [0.1, 0.15) is 168 Å². The van der Waals surface area contributed by atoms with E-state index >= 15 is 0 Å². The zero-order valence-corrected chi connectivity index (χ0v) is 36.9. The molecule has 0 bridgehead atoms. The van der Waals surface area contributed by atoms with Crippen LogP contribution in [0.5, 0.6) is 0 Å². The van der Waals surface area contributed by atoms with E-state index in [2.05, 4.69) is 62.5 Å². The first-order valence-corrected chi connectivity index (χ1v) is 23.9. The van der Waals surface area contributed by atoms with Crippen molar-refractivity contribution in [3.05, 3.63) is 48.6 Å². The third-order valence-corrected chi connectivity index (χ3v) is 11.1. The van der Waals surface area contributed by atoms with Gasteiger partial charge in [-0.15, -0.1) is 0 Å². The summed E-state index contributed by atoms with van der Waals surface area (Å²) in [6.07, 6.45) is 27.4. The Labute approximate surface area is 354 Å². The van der Waals surface area contributed by atoms with E-state index in [4.69, 9.17) is 18.5 Å². The summed E-state index contributed by atoms with van der Waals surface area (Å²) in [6, 6.07) is 0. The van der Waals surface area contributed by atoms with Gasteiger partial charge in [-0.1, -0.05) is 133 Å². The summed E-state index contributed by atoms with van der Waals surface area (Å²) in [5.74, 6) is -1.14. The van der Waals surface area contributed by atoms with Crippen LogP contribution in [0, 0.1) is 0 Å². The Kier molecular flexibility index (Phi) is 32.9. The molecule has 0 spiro atoms. The Balaban J connectivity index is 2.50. The number of unbranched alkanes of at least 4 members (excludes halogenated alkanes) is 16. The molecule has 6 N–H and O–H groups in total. The van der Waals surface area contributed by atoms with Crippen molar-refractivity contribution in [2.75, 3.05) is 13.2 Å². The molecule has 1 saturated carbocycles. The number of hydrogen-bond donors (Lipinski definition) is 6. The van der Waals surface area contributed by atoms with Gasteiger partial charge in [-0.3, -0.25) is 18.6 Å². The van der Waals surface area contributed by atoms with E-state index in [-0.39, 0.29) is 12.8 Å². The van der Waals surface area contributed by atoms with Crippen molar-refractivity contribution in [1.29, 1.82) is 0 Å². The molecule has 0 heterocycles. The quantitative estimate of drug-likeness (QED) is 0.0152. The van der Waals surface area contributed by atoms with Crippen molar-refractivity contribution in [3.63, 3.8) is 0 Å². The number of rotatable bonds is 36. The van der Waals surface area contributed by atoms with Gasteiger partial charge < -0.3 is 39.9 Å². The number of carbonyl (C=O) groups excluding carboxylic acids is 2. The van der Waals surface area contributed by atoms with Crippen LogP contribution in [0.4, 0.5) is 0 Å². The fourth-order valence-electron chi connectivity index (χ4n) is 6.53. The van der Waals surface area contributed by atoms with Crippen LogP contribution in [0.2, 0.25) is 0 Å². The summed E-state index contributed by atoms with van der Waals surface area (Å²) in [6.45, 7) is 3.15. The minimum atomic E-state index is -5.12. The number of allylic oxidation sites excluding steroid dienone is 8. The largest absolute Gasteiger partial charge is 0.472 e. The van der Waals surface area contributed by atoms with Gasteiger partial charge in [-0.05, 0) is 70.6 Å². The van der Waals surface area contributed by atoms with Crippen LogP contribution in [0.15, 0.2) is 48.6 Å². The average Bonchev–Trinajstić information content (AvgIpc) is 3.21. The van der Waals surface area contributed by atoms with Crippen LogP contribution in [-0.2, 0) is 32.7 Å². The second kappa shape index (κ2) is 35.4. The molecule has 6 unspecified atom stereocenters. The lowest BCUT2D eigenvalue weighted by Crippen LogP contribution is -2.64. The second-order valence-electron chi connectivity index (χ2n) is 15.5. The minimum absolute atomic E-state index is 0.0715. The van der Waals surface area contributed by atoms with Gasteiger partial charge in [-0.25, -0.2) is 4.57 Å². The number of aliphatic hydroxyl groups is 5. The third kappa shape index (κ3) is 28.1. The second-order valence-corrected chi connectivity index (χ2v) is 16.9. The fraction of sp³-hybridized carbons (Fsp3) is 0.778. The summed E-state index contributed by atoms with van der Waals surface area (Å²) in [5, 5.41) is 50.1. The zero-order valence-electron chi connectivity index (χ0n) is 36.0. The number of phosphoric ester groups is 1. The van der Waals surface area contributed by atoms with E-state index in [1.165, 1.54) is 51.4 Å². The highest BCUT2D eigenvalue weighted by Gasteiger charge is 2.51. The van der Waals surface area contributed by atoms with E-state index < -0.39 is 75.7 Å². The molecule has 0 aromatic heterocycles. The van der Waals surface area contributed by atoms with Crippen LogP contribution in [-0.4, -0.2) is 98.3 Å². The molecule has 0 aliphatic heterocycles. The highest BCUT2D eigenvalue weighted by molar-refractivity contribution is 7.47. The van der Waals surface area contributed by atoms with Gasteiger partial charge >= 0.3 is 19.8 Å². The standard InChI is InChI=1S/C45H79O13P/c1-3-5-7-9-11-13-15-17-19-21-23-25-27-29-31-33-38(46)55-35-37(36-56-59(53,54)58-45-43(51)41(49)40(48)42(50)44(45)52)57-39(47)34-32-30-28-26-24-22-20-18-16-14-12-10-8-6-4-2/h5,7,11,13,17,19,22,24,37,40-45,48-52H,3-4,6,8-10,12,14-16,18,20-21,23,25-36H2,1-2H3,(H,53,54)/b7-5+,13-11+,19-17+,24-22+/t37-,40?,41-,42?,43?,44?,45?/m1/s1. The number of hydrogen-bond acceptors (Lipinski definition) is 12. The molecule has 342 valence electrons. The fourth-order valence-corrected chi connectivity index (χ4v) is 7.50. The summed E-state index contributed by atoms with van der Waals surface area (Å²) >= 11 is 0. The molecule has 13 nitrogen and oxygen atoms in total. The highest BCUT2D eigenvalue weighted by Crippen LogP contribution is 2.47. The van der Waals surface area contributed by atoms with Gasteiger partial charge in [0.05, 0.1) is 6.61 Å². The van der Waals surface area contributed by atoms with Crippen LogP contribution < -0.4 is 0 Å². The minimum Gasteiger partial charge on any atom is -0.462 e. The molecule has 0 amide bonds. The molecule has 1 aliphatic carbocycles. The molecule has 1 fully saturated rings. The zero-order chi connectivity index (χ0) is 43.6. The van der Waals surface area contributed by atoms with E-state index in [1.54, 1.807) is 0 Å². The first-order valence-electron chi connectivity index (χ1n) is 22.4. The Bertz CT molecular complexity index is 1220. The first-order chi connectivity index (χ1) is 28.4. The van der Waals surface area contributed by atoms with Crippen molar-refractivity contribution in [2.45, 2.75) is 211 Å². The van der Waals surface area contributed by atoms with Crippen molar-refractivity contribution in [2.24, 2.45) is 0 Å². The van der Waals surface area contributed by atoms with Crippen LogP contribution in [0.3, 0.4) is 0 Å². The molecule has 1 rings (SSSR count). The van der Waals surface area contributed by atoms with Crippen molar-refractivity contribution in [3.8, 4) is 0 Å². The summed E-state index contributed by atoms with van der Waals surface area (Å²) in [5.41, 5.74) is 0. The van der Waals surface area contributed by atoms with E-state index in [1.807, 2.05) is 0 Å². The topological polar surface area (TPSA) is 210 Å². The lowest BCUT2D eigenvalue weighted by atomic mass is 9.85. The number of aliphatic hydroxyl groups excluding tert-OH is 5. The molecule has 0 radical (unpaired) electrons. The lowest BCUT2D eigenvalue weighted by molar-refractivity contribution is -0.220. The maximum atomic E-state index is 12.8. The highest BCUT2D eigenvalue weighted by atomic mass is 31.2. The van der Waals surface area contributed by atoms with Gasteiger partial charge in [0.25, 0.3) is 0 Å². The Hall–Kier alpha value is -2.19. The van der Waals surface area contributed by atoms with Crippen molar-refractivity contribution < 1.29 is 63.1 Å². The van der Waals surface area contributed by atoms with Crippen LogP contribution >= 0.6 is 7.82 Å². The summed E-state index contributed by atoms with van der Waals surface area (Å²) in [7, 11) is -5.12. The van der Waals surface area contributed by atoms with Gasteiger partial charge in [0.15, 0.2) is 6.10 Å². The predicted octanol–water partition coefficient (Wildman–Crippen LogP) is 8.39. The molecular formula is C45H79O13P. The summed E-state index contributed by atoms with van der Waals surface area (Å²) in [4.78, 5) is 35.6. The molecule has 59 heavy (non-hydrogen) atoms. The van der Waals surface area contributed by atoms with Gasteiger partial charge in [0.1, 0.15) is 43.2 Å². The molecule has 0 aromatic rings. The Morgan fingerprint density at radius 2 is 0.966 bits per heavy atom. The van der Waals surface area contributed by atoms with E-state index in [0.717, 1.165) is 77.0 Å². The van der Waals surface area contributed by atoms with E-state index in [0.29, 0.717) is 12.8 Å². The van der Waals surface area contributed by atoms with Crippen molar-refractivity contribution in [1.82, 2.24) is 0 Å². The lowest BCUT2D eigenvalue weighted by Gasteiger charge is -2.41. The van der Waals surface area contributed by atoms with Gasteiger partial charge in [-0.2, -0.15) is 0 Å². The van der Waals surface area contributed by atoms with E-state index in [9.17, 15) is 44.6 Å². The number of esters is 2. The molecule has 8 atom stereocenters. The maximum Gasteiger partial charge on any atom is 0.472 e. The molecule has 14 heteroatoms. The van der Waals surface area contributed by atoms with Gasteiger partial charge in [0, 0.05) is 12.8 Å². The van der Waals surface area contributed by atoms with Crippen LogP contribution in [0.25, 0.3) is 0 Å². The number of ether oxygens (including phenoxy) is 2. The Morgan fingerprint density at radius 3 is 1.51 bits per heavy atom. The Morgan fingerprint density at radius 1 is 0.542 bits per heavy atom. The normalized spacial score (nSPS) is 22.8. The predicted molar refractivity (Wildman–Crippen MR) is 230 cm³/mol. The summed E-state index contributed by atoms with van der Waals surface area (Å²) < 4.78 is 33.5. The SMILES string of the molecule is CC/C=C/C/C=C/C/C=C/CCCCCCCC(=O)OC[C@H](COP(=O)(O)OC1C(O)C(O)C(O)[C@@H](O)C1O)OC(=O)CCCCC/C=C/CCCCCCCCCC. The molecular weight excluding hydrogens is 779 g/mol. The average molecular weight is 859 g/mol. The number of carbonyl (C=O) groups is 2. The van der Waals surface area contributed by atoms with Gasteiger partial charge in [0.2, 0.25) is 0 Å². The van der Waals surface area contributed by atoms with Crippen molar-refractivity contribution >= 4 is 19.8 Å². The first kappa shape index (κ1) is 54.8. The smallest absolute Gasteiger partial charge is 0.462 e. The molecule has 0 saturated heterocycles.